The van der Waals surface area contributed by atoms with Gasteiger partial charge >= 0.3 is 0 Å². The minimum Gasteiger partial charge on any atom is -0.465 e. The summed E-state index contributed by atoms with van der Waals surface area (Å²) in [6.45, 7) is 1.93. The molecule has 1 fully saturated rings. The molecule has 0 saturated carbocycles. The van der Waals surface area contributed by atoms with Crippen molar-refractivity contribution in [2.75, 3.05) is 11.9 Å². The Morgan fingerprint density at radius 1 is 1.54 bits per heavy atom. The van der Waals surface area contributed by atoms with E-state index in [0.29, 0.717) is 26.6 Å². The maximum Gasteiger partial charge on any atom is 0.266 e. The molecule has 24 heavy (non-hydrogen) atoms. The SMILES string of the molecule is Cc1cc(NC(=O)CCN2C(=O)C(=Cc3ccco3)SC2=S)no1. The first-order chi connectivity index (χ1) is 11.5. The van der Waals surface area contributed by atoms with Crippen LogP contribution in [-0.4, -0.2) is 32.7 Å². The molecule has 7 nitrogen and oxygen atoms in total. The Bertz CT molecular complexity index is 811. The lowest BCUT2D eigenvalue weighted by Gasteiger charge is -2.13. The fourth-order valence-electron chi connectivity index (χ4n) is 2.04. The second-order valence-corrected chi connectivity index (χ2v) is 6.65. The molecule has 2 aromatic heterocycles. The van der Waals surface area contributed by atoms with Crippen LogP contribution in [0.15, 0.2) is 38.3 Å². The largest absolute Gasteiger partial charge is 0.465 e. The molecule has 0 atom stereocenters. The van der Waals surface area contributed by atoms with Gasteiger partial charge in [-0.25, -0.2) is 0 Å². The van der Waals surface area contributed by atoms with Crippen molar-refractivity contribution in [2.24, 2.45) is 0 Å². The predicted octanol–water partition coefficient (Wildman–Crippen LogP) is 2.81. The number of thioether (sulfide) groups is 1. The number of hydrogen-bond donors (Lipinski definition) is 1. The number of nitrogens with one attached hydrogen (secondary N) is 1. The van der Waals surface area contributed by atoms with E-state index in [1.54, 1.807) is 31.2 Å². The second-order valence-electron chi connectivity index (χ2n) is 4.97. The van der Waals surface area contributed by atoms with E-state index in [9.17, 15) is 9.59 Å². The fourth-order valence-corrected chi connectivity index (χ4v) is 3.33. The molecule has 0 spiro atoms. The smallest absolute Gasteiger partial charge is 0.266 e. The van der Waals surface area contributed by atoms with Gasteiger partial charge < -0.3 is 14.3 Å². The van der Waals surface area contributed by atoms with Crippen LogP contribution < -0.4 is 5.32 Å². The molecule has 1 aliphatic heterocycles. The maximum absolute atomic E-state index is 12.4. The van der Waals surface area contributed by atoms with Crippen LogP contribution in [0.5, 0.6) is 0 Å². The Morgan fingerprint density at radius 2 is 2.38 bits per heavy atom. The second kappa shape index (κ2) is 7.02. The van der Waals surface area contributed by atoms with Crippen LogP contribution in [0.1, 0.15) is 17.9 Å². The quantitative estimate of drug-likeness (QED) is 0.645. The normalized spacial score (nSPS) is 16.2. The van der Waals surface area contributed by atoms with Crippen molar-refractivity contribution in [1.82, 2.24) is 10.1 Å². The van der Waals surface area contributed by atoms with Gasteiger partial charge in [0.25, 0.3) is 5.91 Å². The topological polar surface area (TPSA) is 88.6 Å². The van der Waals surface area contributed by atoms with Crippen molar-refractivity contribution >= 4 is 52.0 Å². The summed E-state index contributed by atoms with van der Waals surface area (Å²) in [6, 6.07) is 5.10. The molecule has 1 aliphatic rings. The molecule has 3 rings (SSSR count). The van der Waals surface area contributed by atoms with Crippen LogP contribution in [-0.2, 0) is 9.59 Å². The summed E-state index contributed by atoms with van der Waals surface area (Å²) in [4.78, 5) is 26.2. The van der Waals surface area contributed by atoms with Gasteiger partial charge in [0.2, 0.25) is 5.91 Å². The van der Waals surface area contributed by atoms with Crippen molar-refractivity contribution in [3.8, 4) is 0 Å². The van der Waals surface area contributed by atoms with Crippen LogP contribution in [0, 0.1) is 6.92 Å². The molecule has 0 bridgehead atoms. The summed E-state index contributed by atoms with van der Waals surface area (Å²) >= 11 is 6.40. The van der Waals surface area contributed by atoms with Crippen molar-refractivity contribution < 1.29 is 18.5 Å². The van der Waals surface area contributed by atoms with E-state index in [2.05, 4.69) is 10.5 Å². The molecule has 1 saturated heterocycles. The Labute approximate surface area is 147 Å². The third-order valence-corrected chi connectivity index (χ3v) is 4.53. The lowest BCUT2D eigenvalue weighted by Crippen LogP contribution is -2.31. The van der Waals surface area contributed by atoms with Gasteiger partial charge in [0, 0.05) is 25.1 Å². The number of furan rings is 1. The first-order valence-electron chi connectivity index (χ1n) is 7.05. The van der Waals surface area contributed by atoms with Crippen molar-refractivity contribution in [1.29, 1.82) is 0 Å². The van der Waals surface area contributed by atoms with Gasteiger partial charge in [-0.15, -0.1) is 0 Å². The minimum atomic E-state index is -0.271. The molecule has 2 aromatic rings. The number of rotatable bonds is 5. The van der Waals surface area contributed by atoms with Crippen LogP contribution >= 0.6 is 24.0 Å². The molecule has 3 heterocycles. The summed E-state index contributed by atoms with van der Waals surface area (Å²) < 4.78 is 10.5. The third-order valence-electron chi connectivity index (χ3n) is 3.15. The Morgan fingerprint density at radius 3 is 3.04 bits per heavy atom. The van der Waals surface area contributed by atoms with Gasteiger partial charge in [0.05, 0.1) is 11.2 Å². The Hall–Kier alpha value is -2.39. The van der Waals surface area contributed by atoms with Gasteiger partial charge in [-0.05, 0) is 19.1 Å². The summed E-state index contributed by atoms with van der Waals surface area (Å²) in [6.07, 6.45) is 3.27. The zero-order chi connectivity index (χ0) is 17.1. The zero-order valence-corrected chi connectivity index (χ0v) is 14.3. The molecule has 0 radical (unpaired) electrons. The molecule has 0 aromatic carbocycles. The van der Waals surface area contributed by atoms with E-state index in [-0.39, 0.29) is 24.8 Å². The van der Waals surface area contributed by atoms with Crippen molar-refractivity contribution in [3.63, 3.8) is 0 Å². The van der Waals surface area contributed by atoms with E-state index in [0.717, 1.165) is 0 Å². The highest BCUT2D eigenvalue weighted by Crippen LogP contribution is 2.32. The molecule has 0 unspecified atom stereocenters. The lowest BCUT2D eigenvalue weighted by atomic mass is 10.3. The minimum absolute atomic E-state index is 0.104. The number of anilines is 1. The lowest BCUT2D eigenvalue weighted by molar-refractivity contribution is -0.122. The number of aryl methyl sites for hydroxylation is 1. The van der Waals surface area contributed by atoms with Gasteiger partial charge in [0.15, 0.2) is 5.82 Å². The average molecular weight is 363 g/mol. The number of thiocarbonyl (C=S) groups is 1. The number of aromatic nitrogens is 1. The van der Waals surface area contributed by atoms with E-state index >= 15 is 0 Å². The average Bonchev–Trinajstić information content (AvgIpc) is 3.23. The monoisotopic (exact) mass is 363 g/mol. The molecule has 1 N–H and O–H groups in total. The van der Waals surface area contributed by atoms with E-state index in [4.69, 9.17) is 21.2 Å². The van der Waals surface area contributed by atoms with Crippen LogP contribution in [0.2, 0.25) is 0 Å². The summed E-state index contributed by atoms with van der Waals surface area (Å²) in [7, 11) is 0. The van der Waals surface area contributed by atoms with Crippen LogP contribution in [0.4, 0.5) is 5.82 Å². The Kier molecular flexibility index (Phi) is 4.81. The molecular weight excluding hydrogens is 350 g/mol. The fraction of sp³-hybridized carbons (Fsp3) is 0.200. The number of hydrogen-bond acceptors (Lipinski definition) is 7. The molecular formula is C15H13N3O4S2. The molecule has 0 aliphatic carbocycles. The molecule has 9 heteroatoms. The van der Waals surface area contributed by atoms with Gasteiger partial charge in [-0.2, -0.15) is 0 Å². The van der Waals surface area contributed by atoms with E-state index in [1.165, 1.54) is 22.9 Å². The molecule has 2 amide bonds. The van der Waals surface area contributed by atoms with E-state index < -0.39 is 0 Å². The highest BCUT2D eigenvalue weighted by molar-refractivity contribution is 8.26. The highest BCUT2D eigenvalue weighted by Gasteiger charge is 2.32. The Balaban J connectivity index is 1.58. The number of nitrogens with zero attached hydrogens (tertiary/aromatic N) is 2. The standard InChI is InChI=1S/C15H13N3O4S2/c1-9-7-12(17-22-9)16-13(19)4-5-18-14(20)11(24-15(18)23)8-10-3-2-6-21-10/h2-3,6-8H,4-5H2,1H3,(H,16,17,19). The van der Waals surface area contributed by atoms with Crippen LogP contribution in [0.3, 0.4) is 0 Å². The first-order valence-corrected chi connectivity index (χ1v) is 8.27. The number of carbonyl (C=O) groups excluding carboxylic acids is 2. The van der Waals surface area contributed by atoms with Crippen LogP contribution in [0.25, 0.3) is 6.08 Å². The van der Waals surface area contributed by atoms with Gasteiger partial charge in [0.1, 0.15) is 15.8 Å². The summed E-state index contributed by atoms with van der Waals surface area (Å²) in [5.41, 5.74) is 0. The third kappa shape index (κ3) is 3.74. The first kappa shape index (κ1) is 16.5. The zero-order valence-electron chi connectivity index (χ0n) is 12.6. The summed E-state index contributed by atoms with van der Waals surface area (Å²) in [5, 5.41) is 6.28. The number of carbonyl (C=O) groups is 2. The molecule has 124 valence electrons. The van der Waals surface area contributed by atoms with Crippen molar-refractivity contribution in [2.45, 2.75) is 13.3 Å². The maximum atomic E-state index is 12.4. The highest BCUT2D eigenvalue weighted by atomic mass is 32.2. The predicted molar refractivity (Wildman–Crippen MR) is 93.1 cm³/mol. The van der Waals surface area contributed by atoms with E-state index in [1.807, 2.05) is 0 Å². The van der Waals surface area contributed by atoms with Gasteiger partial charge in [-0.1, -0.05) is 29.1 Å². The van der Waals surface area contributed by atoms with Gasteiger partial charge in [-0.3, -0.25) is 14.5 Å². The number of amides is 2. The van der Waals surface area contributed by atoms with Crippen molar-refractivity contribution in [3.05, 3.63) is 40.9 Å². The summed E-state index contributed by atoms with van der Waals surface area (Å²) in [5.74, 6) is 1.03.